The summed E-state index contributed by atoms with van der Waals surface area (Å²) in [7, 11) is 0. The highest BCUT2D eigenvalue weighted by molar-refractivity contribution is 8.00. The number of fused-ring (bicyclic) bond motifs is 4. The number of carbonyl (C=O) groups excluding carboxylic acids is 3. The molecule has 0 atom stereocenters. The molecule has 2 aromatic carbocycles. The fourth-order valence-corrected chi connectivity index (χ4v) is 12.4. The zero-order chi connectivity index (χ0) is 53.0. The van der Waals surface area contributed by atoms with E-state index in [4.69, 9.17) is 32.9 Å². The van der Waals surface area contributed by atoms with Crippen molar-refractivity contribution in [2.75, 3.05) is 50.8 Å². The van der Waals surface area contributed by atoms with E-state index in [0.29, 0.717) is 59.3 Å². The summed E-state index contributed by atoms with van der Waals surface area (Å²) >= 11 is 16.1. The number of likely N-dealkylation sites (tertiary alicyclic amines) is 2. The Labute approximate surface area is 455 Å². The molecule has 8 heterocycles. The lowest BCUT2D eigenvalue weighted by atomic mass is 10.0. The van der Waals surface area contributed by atoms with Gasteiger partial charge in [-0.25, -0.2) is 14.8 Å². The lowest BCUT2D eigenvalue weighted by molar-refractivity contribution is -0.117. The van der Waals surface area contributed by atoms with Crippen molar-refractivity contribution in [3.63, 3.8) is 0 Å². The fraction of sp³-hybridized carbons (Fsp3) is 0.473. The topological polar surface area (TPSA) is 178 Å². The Morgan fingerprint density at radius 1 is 0.693 bits per heavy atom. The molecule has 1 amide bonds. The average Bonchev–Trinajstić information content (AvgIpc) is 3.37. The number of ketones is 2. The van der Waals surface area contributed by atoms with E-state index in [1.807, 2.05) is 87.7 Å². The smallest absolute Gasteiger partial charge is 0.410 e. The number of benzene rings is 2. The van der Waals surface area contributed by atoms with Crippen molar-refractivity contribution in [2.45, 2.75) is 127 Å². The summed E-state index contributed by atoms with van der Waals surface area (Å²) in [4.78, 5) is 88.7. The number of aryl methyl sites for hydroxylation is 2. The molecule has 10 rings (SSSR count). The third-order valence-electron chi connectivity index (χ3n) is 14.1. The molecular formula is C55H64Cl2N10O6S2. The summed E-state index contributed by atoms with van der Waals surface area (Å²) in [5.74, 6) is 1.29. The zero-order valence-corrected chi connectivity index (χ0v) is 46.3. The number of hydrogen-bond acceptors (Lipinski definition) is 15. The standard InChI is InChI=1S/C30H36ClN5O4S.C25H28ClN5O2S/c1-19-5-6-23-26(13-19)35(28(38)16-32-23)12-11-34-9-7-20(8-10-34)36(29(39)40-30(2,3)4)17-25-22(31)15-27-24(33-25)14-21(37)18-41-27;1-16-2-3-20-23(10-16)31(25(33)14-28-20)9-8-30-6-4-17(5-7-30)27-13-22-19(26)12-24-21(29-22)11-18(32)15-34-24/h5-6,13,15-16,20H,7-12,14,17-18H2,1-4H3;2-3,10,12,14,17,27H,4-9,11,13,15H2,1H3. The van der Waals surface area contributed by atoms with Crippen molar-refractivity contribution in [3.8, 4) is 0 Å². The van der Waals surface area contributed by atoms with Crippen molar-refractivity contribution < 1.29 is 19.1 Å². The average molecular weight is 1100 g/mol. The highest BCUT2D eigenvalue weighted by Gasteiger charge is 2.33. The van der Waals surface area contributed by atoms with E-state index >= 15 is 0 Å². The van der Waals surface area contributed by atoms with Crippen LogP contribution in [0.1, 0.15) is 80.4 Å². The van der Waals surface area contributed by atoms with Gasteiger partial charge in [0.05, 0.1) is 98.2 Å². The SMILES string of the molecule is Cc1ccc2ncc(=O)n(CCN3CCC(N(Cc4nc5c(cc4Cl)SCC(=O)C5)C(=O)OC(C)(C)C)CC3)c2c1.Cc1ccc2ncc(=O)n(CCN3CCC(NCc4nc5c(cc4Cl)SCC(=O)C5)CC3)c2c1. The number of rotatable bonds is 12. The molecule has 0 bridgehead atoms. The van der Waals surface area contributed by atoms with Crippen LogP contribution in [-0.2, 0) is 53.3 Å². The Hall–Kier alpha value is -5.21. The van der Waals surface area contributed by atoms with Gasteiger partial charge in [0.1, 0.15) is 17.2 Å². The summed E-state index contributed by atoms with van der Waals surface area (Å²) < 4.78 is 9.42. The van der Waals surface area contributed by atoms with Crippen LogP contribution in [0.25, 0.3) is 22.1 Å². The minimum absolute atomic E-state index is 0.0517. The van der Waals surface area contributed by atoms with E-state index in [0.717, 1.165) is 125 Å². The van der Waals surface area contributed by atoms with Crippen molar-refractivity contribution >= 4 is 86.5 Å². The monoisotopic (exact) mass is 1090 g/mol. The van der Waals surface area contributed by atoms with E-state index in [1.54, 1.807) is 9.47 Å². The summed E-state index contributed by atoms with van der Waals surface area (Å²) in [6, 6.07) is 16.1. The van der Waals surface area contributed by atoms with Crippen molar-refractivity contribution in [1.29, 1.82) is 0 Å². The predicted molar refractivity (Wildman–Crippen MR) is 296 cm³/mol. The largest absolute Gasteiger partial charge is 0.444 e. The molecule has 4 aromatic heterocycles. The molecule has 396 valence electrons. The Morgan fingerprint density at radius 3 is 1.68 bits per heavy atom. The molecule has 2 fully saturated rings. The van der Waals surface area contributed by atoms with Crippen molar-refractivity contribution in [1.82, 2.24) is 49.1 Å². The Kier molecular flexibility index (Phi) is 17.5. The molecule has 75 heavy (non-hydrogen) atoms. The second-order valence-electron chi connectivity index (χ2n) is 20.9. The minimum Gasteiger partial charge on any atom is -0.444 e. The Morgan fingerprint density at radius 2 is 1.17 bits per heavy atom. The van der Waals surface area contributed by atoms with Gasteiger partial charge in [0.25, 0.3) is 11.1 Å². The predicted octanol–water partition coefficient (Wildman–Crippen LogP) is 8.10. The van der Waals surface area contributed by atoms with Gasteiger partial charge in [0.2, 0.25) is 0 Å². The molecule has 0 saturated carbocycles. The van der Waals surface area contributed by atoms with Gasteiger partial charge in [-0.05, 0) is 121 Å². The summed E-state index contributed by atoms with van der Waals surface area (Å²) in [5, 5.41) is 4.75. The summed E-state index contributed by atoms with van der Waals surface area (Å²) in [6.45, 7) is 16.7. The lowest BCUT2D eigenvalue weighted by Gasteiger charge is -2.39. The number of ether oxygens (including phenoxy) is 1. The number of nitrogens with zero attached hydrogens (tertiary/aromatic N) is 9. The summed E-state index contributed by atoms with van der Waals surface area (Å²) in [6.07, 6.45) is 6.65. The van der Waals surface area contributed by atoms with Gasteiger partial charge >= 0.3 is 6.09 Å². The normalized spacial score (nSPS) is 16.9. The Balaban J connectivity index is 0.000000187. The van der Waals surface area contributed by atoms with Gasteiger partial charge in [0.15, 0.2) is 0 Å². The number of piperidine rings is 2. The molecule has 0 unspecified atom stereocenters. The second-order valence-corrected chi connectivity index (χ2v) is 23.7. The number of nitrogens with one attached hydrogen (secondary N) is 1. The van der Waals surface area contributed by atoms with Gasteiger partial charge in [-0.1, -0.05) is 35.3 Å². The van der Waals surface area contributed by atoms with E-state index in [2.05, 4.69) is 30.1 Å². The number of hydrogen-bond donors (Lipinski definition) is 1. The number of Topliss-reactive ketones (excluding diaryl/α,β-unsaturated/α-hetero) is 2. The molecule has 4 aliphatic heterocycles. The minimum atomic E-state index is -0.648. The van der Waals surface area contributed by atoms with Gasteiger partial charge in [-0.15, -0.1) is 23.5 Å². The van der Waals surface area contributed by atoms with Crippen LogP contribution in [0, 0.1) is 13.8 Å². The quantitative estimate of drug-likeness (QED) is 0.124. The molecule has 0 radical (unpaired) electrons. The first-order valence-electron chi connectivity index (χ1n) is 25.7. The molecule has 16 nitrogen and oxygen atoms in total. The third kappa shape index (κ3) is 13.9. The van der Waals surface area contributed by atoms with Crippen LogP contribution in [-0.4, -0.2) is 130 Å². The third-order valence-corrected chi connectivity index (χ3v) is 17.0. The number of amides is 1. The molecule has 0 spiro atoms. The highest BCUT2D eigenvalue weighted by Crippen LogP contribution is 2.34. The highest BCUT2D eigenvalue weighted by atomic mass is 35.5. The fourth-order valence-electron chi connectivity index (χ4n) is 10.0. The van der Waals surface area contributed by atoms with Crippen LogP contribution in [0.5, 0.6) is 0 Å². The zero-order valence-electron chi connectivity index (χ0n) is 43.2. The number of aromatic nitrogens is 6. The van der Waals surface area contributed by atoms with Crippen LogP contribution in [0.2, 0.25) is 10.0 Å². The van der Waals surface area contributed by atoms with E-state index in [9.17, 15) is 24.0 Å². The van der Waals surface area contributed by atoms with E-state index < -0.39 is 11.7 Å². The molecule has 20 heteroatoms. The first kappa shape index (κ1) is 54.6. The molecule has 2 saturated heterocycles. The number of carbonyl (C=O) groups is 3. The maximum absolute atomic E-state index is 13.4. The first-order valence-corrected chi connectivity index (χ1v) is 28.4. The molecule has 4 aliphatic rings. The van der Waals surface area contributed by atoms with Crippen LogP contribution < -0.4 is 16.4 Å². The van der Waals surface area contributed by atoms with E-state index in [-0.39, 0.29) is 41.7 Å². The van der Waals surface area contributed by atoms with E-state index in [1.165, 1.54) is 35.9 Å². The molecular weight excluding hydrogens is 1030 g/mol. The van der Waals surface area contributed by atoms with Gasteiger partial charge < -0.3 is 29.0 Å². The van der Waals surface area contributed by atoms with Gasteiger partial charge in [-0.2, -0.15) is 0 Å². The molecule has 0 aliphatic carbocycles. The number of pyridine rings is 2. The van der Waals surface area contributed by atoms with Crippen LogP contribution in [0.15, 0.2) is 80.3 Å². The maximum atomic E-state index is 13.4. The van der Waals surface area contributed by atoms with Crippen LogP contribution in [0.3, 0.4) is 0 Å². The lowest BCUT2D eigenvalue weighted by Crippen LogP contribution is -2.49. The number of thioether (sulfide) groups is 2. The molecule has 1 N–H and O–H groups in total. The summed E-state index contributed by atoms with van der Waals surface area (Å²) in [5.41, 5.74) is 7.77. The molecule has 6 aromatic rings. The van der Waals surface area contributed by atoms with Crippen molar-refractivity contribution in [2.24, 2.45) is 0 Å². The Bertz CT molecular complexity index is 3240. The van der Waals surface area contributed by atoms with Gasteiger partial charge in [0, 0.05) is 67.7 Å². The second kappa shape index (κ2) is 24.0. The first-order chi connectivity index (χ1) is 35.9. The van der Waals surface area contributed by atoms with Crippen LogP contribution in [0.4, 0.5) is 4.79 Å². The maximum Gasteiger partial charge on any atom is 0.410 e. The van der Waals surface area contributed by atoms with Gasteiger partial charge in [-0.3, -0.25) is 34.0 Å². The van der Waals surface area contributed by atoms with Crippen LogP contribution >= 0.6 is 46.7 Å². The number of halogens is 2. The van der Waals surface area contributed by atoms with Crippen molar-refractivity contribution in [3.05, 3.63) is 126 Å².